The number of rotatable bonds is 8. The van der Waals surface area contributed by atoms with Crippen molar-refractivity contribution in [2.45, 2.75) is 43.6 Å². The van der Waals surface area contributed by atoms with Crippen LogP contribution >= 0.6 is 23.4 Å². The minimum atomic E-state index is -0.0479. The van der Waals surface area contributed by atoms with E-state index in [0.717, 1.165) is 37.9 Å². The van der Waals surface area contributed by atoms with Crippen LogP contribution in [0, 0.1) is 0 Å². The molecule has 6 nitrogen and oxygen atoms in total. The Morgan fingerprint density at radius 1 is 1.09 bits per heavy atom. The largest absolute Gasteiger partial charge is 0.336 e. The van der Waals surface area contributed by atoms with Crippen LogP contribution in [0.15, 0.2) is 52.4 Å². The van der Waals surface area contributed by atoms with Gasteiger partial charge in [-0.25, -0.2) is 4.98 Å². The summed E-state index contributed by atoms with van der Waals surface area (Å²) in [6.07, 6.45) is 3.06. The summed E-state index contributed by atoms with van der Waals surface area (Å²) in [6, 6.07) is 13.0. The first kappa shape index (κ1) is 24.8. The van der Waals surface area contributed by atoms with E-state index in [-0.39, 0.29) is 11.5 Å². The lowest BCUT2D eigenvalue weighted by molar-refractivity contribution is 0.0664. The maximum Gasteiger partial charge on any atom is 0.262 e. The van der Waals surface area contributed by atoms with E-state index in [9.17, 15) is 9.59 Å². The van der Waals surface area contributed by atoms with Gasteiger partial charge in [0.25, 0.3) is 11.5 Å². The number of carbonyl (C=O) groups excluding carboxylic acids is 1. The number of unbranched alkanes of at least 4 members (excludes halogenated alkanes) is 2. The first-order chi connectivity index (χ1) is 16.5. The highest BCUT2D eigenvalue weighted by Crippen LogP contribution is 2.25. The second kappa shape index (κ2) is 11.4. The molecule has 1 aromatic heterocycles. The average Bonchev–Trinajstić information content (AvgIpc) is 2.84. The van der Waals surface area contributed by atoms with E-state index in [1.807, 2.05) is 29.2 Å². The molecule has 0 saturated carbocycles. The molecule has 2 heterocycles. The van der Waals surface area contributed by atoms with Crippen LogP contribution in [0.2, 0.25) is 5.02 Å². The van der Waals surface area contributed by atoms with Crippen LogP contribution in [0.3, 0.4) is 0 Å². The van der Waals surface area contributed by atoms with E-state index in [2.05, 4.69) is 18.9 Å². The molecule has 0 N–H and O–H groups in total. The Balaban J connectivity index is 1.66. The Morgan fingerprint density at radius 3 is 2.62 bits per heavy atom. The van der Waals surface area contributed by atoms with Crippen molar-refractivity contribution < 1.29 is 4.79 Å². The summed E-state index contributed by atoms with van der Waals surface area (Å²) in [7, 11) is 2.07. The van der Waals surface area contributed by atoms with E-state index < -0.39 is 0 Å². The van der Waals surface area contributed by atoms with Gasteiger partial charge < -0.3 is 9.80 Å². The number of hydrogen-bond donors (Lipinski definition) is 0. The van der Waals surface area contributed by atoms with E-state index in [1.54, 1.807) is 22.8 Å². The van der Waals surface area contributed by atoms with Gasteiger partial charge in [0.15, 0.2) is 5.16 Å². The molecular formula is C26H31ClN4O2S. The van der Waals surface area contributed by atoms with Crippen LogP contribution in [0.5, 0.6) is 0 Å². The summed E-state index contributed by atoms with van der Waals surface area (Å²) in [6.45, 7) is 5.93. The molecule has 34 heavy (non-hydrogen) atoms. The van der Waals surface area contributed by atoms with Gasteiger partial charge in [-0.1, -0.05) is 55.3 Å². The van der Waals surface area contributed by atoms with Crippen molar-refractivity contribution in [3.05, 3.63) is 69.0 Å². The third kappa shape index (κ3) is 5.82. The van der Waals surface area contributed by atoms with E-state index in [0.29, 0.717) is 52.0 Å². The quantitative estimate of drug-likeness (QED) is 0.250. The molecule has 0 bridgehead atoms. The van der Waals surface area contributed by atoms with Crippen molar-refractivity contribution in [1.82, 2.24) is 19.4 Å². The summed E-state index contributed by atoms with van der Waals surface area (Å²) < 4.78 is 1.79. The predicted octanol–water partition coefficient (Wildman–Crippen LogP) is 4.92. The molecule has 0 unspecified atom stereocenters. The SMILES string of the molecule is CCCCCn1c(SCc2cccc(Cl)c2)nc2cc(C(=O)N3CCN(C)CC3)ccc2c1=O. The Kier molecular flexibility index (Phi) is 8.29. The van der Waals surface area contributed by atoms with Crippen molar-refractivity contribution in [2.24, 2.45) is 0 Å². The van der Waals surface area contributed by atoms with Crippen LogP contribution in [0.25, 0.3) is 10.9 Å². The van der Waals surface area contributed by atoms with Gasteiger partial charge in [0.1, 0.15) is 0 Å². The second-order valence-corrected chi connectivity index (χ2v) is 10.2. The molecule has 2 aromatic carbocycles. The lowest BCUT2D eigenvalue weighted by Crippen LogP contribution is -2.47. The molecule has 1 fully saturated rings. The minimum Gasteiger partial charge on any atom is -0.336 e. The Morgan fingerprint density at radius 2 is 1.88 bits per heavy atom. The maximum absolute atomic E-state index is 13.4. The van der Waals surface area contributed by atoms with Crippen LogP contribution in [0.1, 0.15) is 42.1 Å². The van der Waals surface area contributed by atoms with Crippen LogP contribution in [0.4, 0.5) is 0 Å². The maximum atomic E-state index is 13.4. The van der Waals surface area contributed by atoms with Crippen molar-refractivity contribution >= 4 is 40.2 Å². The molecule has 1 saturated heterocycles. The standard InChI is InChI=1S/C26H31ClN4O2S/c1-3-4-5-11-31-25(33)22-10-9-20(24(32)30-14-12-29(2)13-15-30)17-23(22)28-26(31)34-18-19-7-6-8-21(27)16-19/h6-10,16-17H,3-5,11-15,18H2,1-2H3. The fraction of sp³-hybridized carbons (Fsp3) is 0.423. The number of benzene rings is 2. The van der Waals surface area contributed by atoms with Crippen molar-refractivity contribution in [3.63, 3.8) is 0 Å². The molecule has 8 heteroatoms. The second-order valence-electron chi connectivity index (χ2n) is 8.80. The van der Waals surface area contributed by atoms with Crippen molar-refractivity contribution in [1.29, 1.82) is 0 Å². The van der Waals surface area contributed by atoms with Gasteiger partial charge in [-0.2, -0.15) is 0 Å². The molecule has 0 radical (unpaired) electrons. The minimum absolute atomic E-state index is 0.00273. The number of amides is 1. The molecule has 1 amide bonds. The fourth-order valence-corrected chi connectivity index (χ4v) is 5.31. The number of hydrogen-bond acceptors (Lipinski definition) is 5. The zero-order valence-electron chi connectivity index (χ0n) is 19.8. The molecule has 4 rings (SSSR count). The number of thioether (sulfide) groups is 1. The van der Waals surface area contributed by atoms with Crippen LogP contribution in [-0.2, 0) is 12.3 Å². The van der Waals surface area contributed by atoms with Crippen molar-refractivity contribution in [2.75, 3.05) is 33.2 Å². The number of carbonyl (C=O) groups is 1. The van der Waals surface area contributed by atoms with Gasteiger partial charge in [-0.3, -0.25) is 14.2 Å². The lowest BCUT2D eigenvalue weighted by Gasteiger charge is -2.32. The lowest BCUT2D eigenvalue weighted by atomic mass is 10.1. The highest BCUT2D eigenvalue weighted by molar-refractivity contribution is 7.98. The van der Waals surface area contributed by atoms with Crippen molar-refractivity contribution in [3.8, 4) is 0 Å². The monoisotopic (exact) mass is 498 g/mol. The third-order valence-corrected chi connectivity index (χ3v) is 7.48. The zero-order valence-corrected chi connectivity index (χ0v) is 21.4. The van der Waals surface area contributed by atoms with Gasteiger partial charge in [-0.15, -0.1) is 0 Å². The summed E-state index contributed by atoms with van der Waals surface area (Å²) in [5.41, 5.74) is 2.18. The zero-order chi connectivity index (χ0) is 24.1. The normalized spacial score (nSPS) is 14.6. The summed E-state index contributed by atoms with van der Waals surface area (Å²) >= 11 is 7.68. The number of aromatic nitrogens is 2. The molecular weight excluding hydrogens is 468 g/mol. The topological polar surface area (TPSA) is 58.4 Å². The number of fused-ring (bicyclic) bond motifs is 1. The van der Waals surface area contributed by atoms with E-state index >= 15 is 0 Å². The number of likely N-dealkylation sites (N-methyl/N-ethyl adjacent to an activating group) is 1. The number of nitrogens with zero attached hydrogens (tertiary/aromatic N) is 4. The van der Waals surface area contributed by atoms with Gasteiger partial charge in [0.05, 0.1) is 10.9 Å². The molecule has 1 aliphatic rings. The predicted molar refractivity (Wildman–Crippen MR) is 140 cm³/mol. The molecule has 1 aliphatic heterocycles. The Bertz CT molecular complexity index is 1220. The highest BCUT2D eigenvalue weighted by Gasteiger charge is 2.21. The van der Waals surface area contributed by atoms with E-state index in [1.165, 1.54) is 11.8 Å². The molecule has 0 atom stereocenters. The van der Waals surface area contributed by atoms with Gasteiger partial charge >= 0.3 is 0 Å². The Hall–Kier alpha value is -2.35. The van der Waals surface area contributed by atoms with Crippen LogP contribution < -0.4 is 5.56 Å². The molecule has 0 spiro atoms. The molecule has 3 aromatic rings. The first-order valence-corrected chi connectivity index (χ1v) is 13.2. The third-order valence-electron chi connectivity index (χ3n) is 6.20. The van der Waals surface area contributed by atoms with E-state index in [4.69, 9.17) is 16.6 Å². The molecule has 180 valence electrons. The van der Waals surface area contributed by atoms with Crippen LogP contribution in [-0.4, -0.2) is 58.5 Å². The summed E-state index contributed by atoms with van der Waals surface area (Å²) in [4.78, 5) is 35.5. The summed E-state index contributed by atoms with van der Waals surface area (Å²) in [5, 5.41) is 1.92. The first-order valence-electron chi connectivity index (χ1n) is 11.9. The fourth-order valence-electron chi connectivity index (χ4n) is 4.13. The van der Waals surface area contributed by atoms with Gasteiger partial charge in [-0.05, 0) is 49.4 Å². The molecule has 0 aliphatic carbocycles. The van der Waals surface area contributed by atoms with Gasteiger partial charge in [0, 0.05) is 49.1 Å². The number of piperazine rings is 1. The smallest absolute Gasteiger partial charge is 0.262 e. The average molecular weight is 499 g/mol. The van der Waals surface area contributed by atoms with Gasteiger partial charge in [0.2, 0.25) is 0 Å². The highest BCUT2D eigenvalue weighted by atomic mass is 35.5. The Labute approximate surface area is 209 Å². The number of halogens is 1. The summed E-state index contributed by atoms with van der Waals surface area (Å²) in [5.74, 6) is 0.656.